The van der Waals surface area contributed by atoms with Gasteiger partial charge < -0.3 is 5.41 Å². The zero-order chi connectivity index (χ0) is 20.8. The Morgan fingerprint density at radius 1 is 0.645 bits per heavy atom. The third-order valence-corrected chi connectivity index (χ3v) is 7.33. The van der Waals surface area contributed by atoms with Gasteiger partial charge in [-0.25, -0.2) is 0 Å². The molecule has 6 rings (SSSR count). The molecule has 0 spiro atoms. The lowest BCUT2D eigenvalue weighted by Gasteiger charge is -2.25. The second kappa shape index (κ2) is 7.50. The van der Waals surface area contributed by atoms with Crippen molar-refractivity contribution in [2.24, 2.45) is 5.92 Å². The van der Waals surface area contributed by atoms with Crippen molar-refractivity contribution >= 4 is 16.5 Å². The van der Waals surface area contributed by atoms with Gasteiger partial charge in [0.1, 0.15) is 0 Å². The van der Waals surface area contributed by atoms with E-state index in [-0.39, 0.29) is 0 Å². The molecule has 31 heavy (non-hydrogen) atoms. The van der Waals surface area contributed by atoms with E-state index in [2.05, 4.69) is 78.9 Å². The molecule has 0 heterocycles. The zero-order valence-electron chi connectivity index (χ0n) is 17.8. The first-order valence-corrected chi connectivity index (χ1v) is 11.6. The van der Waals surface area contributed by atoms with Crippen LogP contribution in [0.1, 0.15) is 48.8 Å². The molecule has 2 aliphatic carbocycles. The first-order chi connectivity index (χ1) is 15.3. The minimum Gasteiger partial charge on any atom is -0.304 e. The van der Waals surface area contributed by atoms with E-state index in [9.17, 15) is 5.41 Å². The number of rotatable bonds is 3. The summed E-state index contributed by atoms with van der Waals surface area (Å²) >= 11 is 0. The highest BCUT2D eigenvalue weighted by Crippen LogP contribution is 2.43. The molecule has 0 amide bonds. The standard InChI is InChI=1S/C30H27N/c31-30(20-9-2-1-3-10-20)29-18-22-12-5-4-11-21(22)17-28(29)26-16-8-15-25-24-14-7-6-13-23(24)19-27(25)26/h4-8,11-18,20,31H,1-3,9-10,19H2. The van der Waals surface area contributed by atoms with Crippen molar-refractivity contribution in [2.45, 2.75) is 38.5 Å². The summed E-state index contributed by atoms with van der Waals surface area (Å²) in [7, 11) is 0. The van der Waals surface area contributed by atoms with E-state index < -0.39 is 0 Å². The van der Waals surface area contributed by atoms with E-state index >= 15 is 0 Å². The van der Waals surface area contributed by atoms with Crippen LogP contribution in [0.15, 0.2) is 78.9 Å². The smallest absolute Gasteiger partial charge is 0.0423 e. The minimum atomic E-state index is 0.391. The molecule has 4 aromatic rings. The molecule has 0 saturated heterocycles. The van der Waals surface area contributed by atoms with Gasteiger partial charge in [0, 0.05) is 17.2 Å². The Kier molecular flexibility index (Phi) is 4.49. The van der Waals surface area contributed by atoms with Crippen LogP contribution in [0.3, 0.4) is 0 Å². The summed E-state index contributed by atoms with van der Waals surface area (Å²) in [5, 5.41) is 11.7. The maximum atomic E-state index is 9.22. The molecule has 2 aliphatic rings. The average molecular weight is 402 g/mol. The third-order valence-electron chi connectivity index (χ3n) is 7.33. The van der Waals surface area contributed by atoms with Gasteiger partial charge in [-0.15, -0.1) is 0 Å². The lowest BCUT2D eigenvalue weighted by atomic mass is 9.80. The normalized spacial score (nSPS) is 15.6. The average Bonchev–Trinajstić information content (AvgIpc) is 3.22. The fraction of sp³-hybridized carbons (Fsp3) is 0.233. The lowest BCUT2D eigenvalue weighted by Crippen LogP contribution is -2.18. The monoisotopic (exact) mass is 401 g/mol. The fourth-order valence-electron chi connectivity index (χ4n) is 5.71. The molecule has 1 saturated carbocycles. The summed E-state index contributed by atoms with van der Waals surface area (Å²) in [5.74, 6) is 0.391. The maximum Gasteiger partial charge on any atom is 0.0423 e. The molecule has 1 N–H and O–H groups in total. The summed E-state index contributed by atoms with van der Waals surface area (Å²) in [4.78, 5) is 0. The van der Waals surface area contributed by atoms with Crippen LogP contribution in [0, 0.1) is 11.3 Å². The highest BCUT2D eigenvalue weighted by atomic mass is 14.5. The van der Waals surface area contributed by atoms with Crippen molar-refractivity contribution in [1.82, 2.24) is 0 Å². The van der Waals surface area contributed by atoms with E-state index in [0.29, 0.717) is 5.92 Å². The zero-order valence-corrected chi connectivity index (χ0v) is 17.8. The van der Waals surface area contributed by atoms with Crippen LogP contribution in [0.25, 0.3) is 33.0 Å². The van der Waals surface area contributed by atoms with Gasteiger partial charge in [0.15, 0.2) is 0 Å². The van der Waals surface area contributed by atoms with E-state index in [1.54, 1.807) is 0 Å². The molecule has 1 nitrogen and oxygen atoms in total. The molecule has 1 fully saturated rings. The van der Waals surface area contributed by atoms with Gasteiger partial charge in [-0.2, -0.15) is 0 Å². The molecular formula is C30H27N. The van der Waals surface area contributed by atoms with Gasteiger partial charge in [-0.3, -0.25) is 0 Å². The first-order valence-electron chi connectivity index (χ1n) is 11.6. The van der Waals surface area contributed by atoms with E-state index in [1.807, 2.05) is 0 Å². The summed E-state index contributed by atoms with van der Waals surface area (Å²) in [6.07, 6.45) is 7.12. The number of hydrogen-bond donors (Lipinski definition) is 1. The Bertz CT molecular complexity index is 1310. The van der Waals surface area contributed by atoms with E-state index in [1.165, 1.54) is 63.4 Å². The number of hydrogen-bond acceptors (Lipinski definition) is 1. The minimum absolute atomic E-state index is 0.391. The van der Waals surface area contributed by atoms with Crippen molar-refractivity contribution in [3.05, 3.63) is 95.6 Å². The second-order valence-corrected chi connectivity index (χ2v) is 9.16. The summed E-state index contributed by atoms with van der Waals surface area (Å²) in [5.41, 5.74) is 10.1. The highest BCUT2D eigenvalue weighted by molar-refractivity contribution is 6.09. The van der Waals surface area contributed by atoms with Crippen molar-refractivity contribution < 1.29 is 0 Å². The van der Waals surface area contributed by atoms with Gasteiger partial charge in [-0.1, -0.05) is 86.0 Å². The van der Waals surface area contributed by atoms with Crippen LogP contribution in [-0.2, 0) is 6.42 Å². The Morgan fingerprint density at radius 3 is 2.10 bits per heavy atom. The summed E-state index contributed by atoms with van der Waals surface area (Å²) < 4.78 is 0. The predicted molar refractivity (Wildman–Crippen MR) is 131 cm³/mol. The van der Waals surface area contributed by atoms with Crippen molar-refractivity contribution in [1.29, 1.82) is 5.41 Å². The van der Waals surface area contributed by atoms with Crippen molar-refractivity contribution in [3.63, 3.8) is 0 Å². The molecule has 1 heteroatoms. The number of nitrogens with one attached hydrogen (secondary N) is 1. The van der Waals surface area contributed by atoms with Gasteiger partial charge in [0.2, 0.25) is 0 Å². The molecule has 4 aromatic carbocycles. The van der Waals surface area contributed by atoms with E-state index in [4.69, 9.17) is 0 Å². The Morgan fingerprint density at radius 2 is 1.29 bits per heavy atom. The quantitative estimate of drug-likeness (QED) is 0.296. The third kappa shape index (κ3) is 3.11. The molecule has 0 unspecified atom stereocenters. The molecule has 152 valence electrons. The van der Waals surface area contributed by atoms with Crippen LogP contribution in [0.5, 0.6) is 0 Å². The molecule has 0 aliphatic heterocycles. The lowest BCUT2D eigenvalue weighted by molar-refractivity contribution is 0.439. The van der Waals surface area contributed by atoms with Crippen LogP contribution >= 0.6 is 0 Å². The number of benzene rings is 4. The topological polar surface area (TPSA) is 23.9 Å². The maximum absolute atomic E-state index is 9.22. The van der Waals surface area contributed by atoms with Gasteiger partial charge in [-0.05, 0) is 75.5 Å². The Hall–Kier alpha value is -3.19. The highest BCUT2D eigenvalue weighted by Gasteiger charge is 2.25. The molecule has 0 aromatic heterocycles. The SMILES string of the molecule is N=C(c1cc2ccccc2cc1-c1cccc2c1Cc1ccccc1-2)C1CCCCC1. The number of fused-ring (bicyclic) bond motifs is 4. The van der Waals surface area contributed by atoms with E-state index in [0.717, 1.165) is 30.5 Å². The van der Waals surface area contributed by atoms with Crippen molar-refractivity contribution in [2.75, 3.05) is 0 Å². The Labute approximate surface area is 184 Å². The second-order valence-electron chi connectivity index (χ2n) is 9.16. The van der Waals surface area contributed by atoms with Crippen LogP contribution in [0.2, 0.25) is 0 Å². The van der Waals surface area contributed by atoms with Crippen LogP contribution in [-0.4, -0.2) is 5.71 Å². The molecule has 0 radical (unpaired) electrons. The molecule has 0 bridgehead atoms. The fourth-order valence-corrected chi connectivity index (χ4v) is 5.71. The van der Waals surface area contributed by atoms with Gasteiger partial charge in [0.25, 0.3) is 0 Å². The van der Waals surface area contributed by atoms with Gasteiger partial charge >= 0.3 is 0 Å². The van der Waals surface area contributed by atoms with Gasteiger partial charge in [0.05, 0.1) is 0 Å². The van der Waals surface area contributed by atoms with Crippen LogP contribution in [0.4, 0.5) is 0 Å². The first kappa shape index (κ1) is 18.6. The molecular weight excluding hydrogens is 374 g/mol. The largest absolute Gasteiger partial charge is 0.304 e. The summed E-state index contributed by atoms with van der Waals surface area (Å²) in [6, 6.07) is 28.7. The Balaban J connectivity index is 1.56. The van der Waals surface area contributed by atoms with Crippen LogP contribution < -0.4 is 0 Å². The summed E-state index contributed by atoms with van der Waals surface area (Å²) in [6.45, 7) is 0. The molecule has 0 atom stereocenters. The predicted octanol–water partition coefficient (Wildman–Crippen LogP) is 8.03. The van der Waals surface area contributed by atoms with Crippen molar-refractivity contribution in [3.8, 4) is 22.3 Å².